The summed E-state index contributed by atoms with van der Waals surface area (Å²) in [6, 6.07) is 37.7. The van der Waals surface area contributed by atoms with Gasteiger partial charge in [-0.2, -0.15) is 0 Å². The predicted molar refractivity (Wildman–Crippen MR) is 227 cm³/mol. The molecule has 4 unspecified atom stereocenters. The Labute approximate surface area is 369 Å². The molecule has 5 N–H and O–H groups in total. The second-order valence-corrected chi connectivity index (χ2v) is 15.3. The second-order valence-electron chi connectivity index (χ2n) is 15.3. The van der Waals surface area contributed by atoms with Crippen molar-refractivity contribution in [1.82, 2.24) is 19.9 Å². The fraction of sp³-hybridized carbons (Fsp3) is 0.217. The first-order valence-electron chi connectivity index (χ1n) is 19.1. The Morgan fingerprint density at radius 3 is 1.30 bits per heavy atom. The van der Waals surface area contributed by atoms with Crippen molar-refractivity contribution in [2.24, 2.45) is 17.3 Å². The van der Waals surface area contributed by atoms with Gasteiger partial charge < -0.3 is 24.6 Å². The molecule has 4 fully saturated rings. The topological polar surface area (TPSA) is 171 Å². The van der Waals surface area contributed by atoms with Gasteiger partial charge in [0.25, 0.3) is 0 Å². The zero-order valence-electron chi connectivity index (χ0n) is 33.0. The fourth-order valence-corrected chi connectivity index (χ4v) is 8.58. The molecule has 3 aliphatic carbocycles. The van der Waals surface area contributed by atoms with E-state index >= 15 is 0 Å². The molecular formula is C46H45BCu2N4O7+2. The summed E-state index contributed by atoms with van der Waals surface area (Å²) < 4.78 is 13.0. The summed E-state index contributed by atoms with van der Waals surface area (Å²) in [7, 11) is -0.293. The van der Waals surface area contributed by atoms with Gasteiger partial charge >= 0.3 is 24.2 Å². The van der Waals surface area contributed by atoms with Crippen LogP contribution in [0.5, 0.6) is 17.2 Å². The molecule has 0 spiro atoms. The summed E-state index contributed by atoms with van der Waals surface area (Å²) in [5.41, 5.74) is 4.25. The monoisotopic (exact) mass is 902 g/mol. The van der Waals surface area contributed by atoms with Crippen LogP contribution in [0.2, 0.25) is 0 Å². The molecule has 12 rings (SSSR count). The third kappa shape index (κ3) is 9.27. The molecule has 4 aliphatic rings. The van der Waals surface area contributed by atoms with Crippen LogP contribution in [-0.4, -0.2) is 64.6 Å². The van der Waals surface area contributed by atoms with E-state index in [2.05, 4.69) is 65.0 Å². The van der Waals surface area contributed by atoms with Gasteiger partial charge in [0.15, 0.2) is 0 Å². The maximum Gasteiger partial charge on any atom is 2.00 e. The molecule has 5 heterocycles. The SMILES string of the molecule is CC1(C)C2CC3OB(c4cccc5cccnc45)OC3(C)C1C2.OO.Oc1cccc2cccnc12.Oc1cccc2cccnc12.Oc1cccc2cccnc12.[Cu+2].[Cu]. The van der Waals surface area contributed by atoms with Crippen LogP contribution in [0.25, 0.3) is 43.6 Å². The van der Waals surface area contributed by atoms with Crippen molar-refractivity contribution in [1.29, 1.82) is 0 Å². The molecule has 0 amide bonds. The van der Waals surface area contributed by atoms with E-state index < -0.39 is 0 Å². The van der Waals surface area contributed by atoms with Crippen LogP contribution in [0, 0.1) is 17.3 Å². The molecule has 2 bridgehead atoms. The summed E-state index contributed by atoms with van der Waals surface area (Å²) in [6.45, 7) is 7.05. The first-order valence-corrected chi connectivity index (χ1v) is 19.1. The summed E-state index contributed by atoms with van der Waals surface area (Å²) in [5, 5.41) is 44.0. The summed E-state index contributed by atoms with van der Waals surface area (Å²) >= 11 is 0. The summed E-state index contributed by atoms with van der Waals surface area (Å²) in [5.74, 6) is 2.08. The maximum absolute atomic E-state index is 9.31. The van der Waals surface area contributed by atoms with Crippen molar-refractivity contribution >= 4 is 56.2 Å². The minimum Gasteiger partial charge on any atom is -0.506 e. The number of fused-ring (bicyclic) bond motifs is 4. The van der Waals surface area contributed by atoms with Gasteiger partial charge in [0, 0.05) is 63.5 Å². The average Bonchev–Trinajstić information content (AvgIpc) is 3.63. The number of hydrogen-bond donors (Lipinski definition) is 5. The van der Waals surface area contributed by atoms with Gasteiger partial charge in [0.05, 0.1) is 17.2 Å². The van der Waals surface area contributed by atoms with Crippen LogP contribution in [0.4, 0.5) is 0 Å². The number of phenols is 3. The van der Waals surface area contributed by atoms with E-state index in [0.717, 1.165) is 44.9 Å². The van der Waals surface area contributed by atoms with E-state index in [9.17, 15) is 15.3 Å². The van der Waals surface area contributed by atoms with Crippen LogP contribution >= 0.6 is 0 Å². The number of aromatic hydroxyl groups is 3. The number of para-hydroxylation sites is 4. The Morgan fingerprint density at radius 2 is 0.900 bits per heavy atom. The van der Waals surface area contributed by atoms with Gasteiger partial charge in [0.2, 0.25) is 0 Å². The molecule has 8 aromatic rings. The van der Waals surface area contributed by atoms with E-state index in [1.807, 2.05) is 66.9 Å². The molecule has 3 saturated carbocycles. The van der Waals surface area contributed by atoms with Crippen LogP contribution in [0.15, 0.2) is 146 Å². The van der Waals surface area contributed by atoms with Crippen molar-refractivity contribution in [2.45, 2.75) is 45.3 Å². The molecule has 4 aromatic heterocycles. The van der Waals surface area contributed by atoms with E-state index in [1.165, 1.54) is 6.42 Å². The molecule has 4 atom stereocenters. The van der Waals surface area contributed by atoms with Crippen molar-refractivity contribution in [3.8, 4) is 17.2 Å². The summed E-state index contributed by atoms with van der Waals surface area (Å²) in [6.07, 6.45) is 9.46. The average molecular weight is 904 g/mol. The van der Waals surface area contributed by atoms with E-state index in [0.29, 0.717) is 27.9 Å². The Bertz CT molecular complexity index is 2470. The molecule has 60 heavy (non-hydrogen) atoms. The molecule has 11 nitrogen and oxygen atoms in total. The standard InChI is InChI=1S/C19H22BNO2.3C9H7NO.2Cu.H2O2/c1-18(2)13-10-15(18)19(3)16(11-13)22-20(23-19)14-8-4-6-12-7-5-9-21-17(12)14;3*11-8-5-1-3-7-4-2-6-10-9(7)8;;;1-2/h4-9,13,15-16H,10-11H2,1-3H3;3*1-6,11H;;;1-2H/q;;;;;+2;. The van der Waals surface area contributed by atoms with E-state index in [4.69, 9.17) is 19.8 Å². The zero-order valence-corrected chi connectivity index (χ0v) is 34.9. The molecule has 314 valence electrons. The summed E-state index contributed by atoms with van der Waals surface area (Å²) in [4.78, 5) is 16.7. The van der Waals surface area contributed by atoms with Crippen LogP contribution in [0.3, 0.4) is 0 Å². The Kier molecular flexibility index (Phi) is 15.3. The first-order chi connectivity index (χ1) is 28.1. The number of pyridine rings is 4. The van der Waals surface area contributed by atoms with Crippen LogP contribution < -0.4 is 5.46 Å². The Balaban J connectivity index is 0.000000158. The van der Waals surface area contributed by atoms with Gasteiger partial charge in [-0.3, -0.25) is 30.5 Å². The fourth-order valence-electron chi connectivity index (χ4n) is 8.58. The third-order valence-electron chi connectivity index (χ3n) is 11.7. The first kappa shape index (κ1) is 45.9. The number of nitrogens with zero attached hydrogens (tertiary/aromatic N) is 4. The Morgan fingerprint density at radius 1 is 0.533 bits per heavy atom. The molecule has 14 heteroatoms. The van der Waals surface area contributed by atoms with Gasteiger partial charge in [-0.25, -0.2) is 0 Å². The second kappa shape index (κ2) is 19.9. The van der Waals surface area contributed by atoms with Gasteiger partial charge in [-0.15, -0.1) is 0 Å². The van der Waals surface area contributed by atoms with Gasteiger partial charge in [-0.05, 0) is 84.9 Å². The third-order valence-corrected chi connectivity index (χ3v) is 11.7. The Hall–Kier alpha value is -5.14. The minimum absolute atomic E-state index is 0. The largest absolute Gasteiger partial charge is 2.00 e. The molecular weight excluding hydrogens is 858 g/mol. The normalized spacial score (nSPS) is 20.1. The molecule has 1 aliphatic heterocycles. The maximum atomic E-state index is 9.31. The number of hydrogen-bond acceptors (Lipinski definition) is 11. The van der Waals surface area contributed by atoms with Crippen LogP contribution in [0.1, 0.15) is 33.6 Å². The number of phenolic OH excluding ortho intramolecular Hbond substituents is 3. The molecule has 4 aromatic carbocycles. The van der Waals surface area contributed by atoms with Crippen molar-refractivity contribution < 1.29 is 69.3 Å². The minimum atomic E-state index is -0.293. The zero-order chi connectivity index (χ0) is 40.9. The molecule has 1 saturated heterocycles. The van der Waals surface area contributed by atoms with Crippen molar-refractivity contribution in [3.05, 3.63) is 146 Å². The van der Waals surface area contributed by atoms with Crippen LogP contribution in [-0.2, 0) is 43.4 Å². The van der Waals surface area contributed by atoms with Crippen molar-refractivity contribution in [3.63, 3.8) is 0 Å². The number of rotatable bonds is 1. The number of benzene rings is 4. The molecule has 2 radical (unpaired) electrons. The van der Waals surface area contributed by atoms with E-state index in [-0.39, 0.29) is 70.2 Å². The van der Waals surface area contributed by atoms with Gasteiger partial charge in [0.1, 0.15) is 33.8 Å². The number of aromatic nitrogens is 4. The van der Waals surface area contributed by atoms with E-state index in [1.54, 1.807) is 55.0 Å². The quantitative estimate of drug-likeness (QED) is 0.0605. The van der Waals surface area contributed by atoms with Crippen molar-refractivity contribution in [2.75, 3.05) is 0 Å². The van der Waals surface area contributed by atoms with Gasteiger partial charge in [-0.1, -0.05) is 92.7 Å². The smallest absolute Gasteiger partial charge is 0.506 e. The predicted octanol–water partition coefficient (Wildman–Crippen LogP) is 9.00.